The van der Waals surface area contributed by atoms with Crippen LogP contribution in [-0.4, -0.2) is 43.4 Å². The fraction of sp³-hybridized carbons (Fsp3) is 0.194. The predicted molar refractivity (Wildman–Crippen MR) is 153 cm³/mol. The summed E-state index contributed by atoms with van der Waals surface area (Å²) >= 11 is 0. The van der Waals surface area contributed by atoms with Gasteiger partial charge in [-0.05, 0) is 80.9 Å². The third kappa shape index (κ3) is 6.47. The van der Waals surface area contributed by atoms with Gasteiger partial charge in [-0.2, -0.15) is 0 Å². The molecule has 4 rings (SSSR count). The molecule has 2 N–H and O–H groups in total. The fourth-order valence-electron chi connectivity index (χ4n) is 4.31. The minimum atomic E-state index is -0.913. The van der Waals surface area contributed by atoms with Gasteiger partial charge in [0.05, 0.1) is 37.0 Å². The van der Waals surface area contributed by atoms with E-state index < -0.39 is 29.7 Å². The van der Waals surface area contributed by atoms with Crippen LogP contribution < -0.4 is 15.5 Å². The summed E-state index contributed by atoms with van der Waals surface area (Å²) in [5.41, 5.74) is 2.82. The summed E-state index contributed by atoms with van der Waals surface area (Å²) < 4.78 is 15.6. The Hall–Kier alpha value is -5.45. The highest BCUT2D eigenvalue weighted by atomic mass is 16.5. The number of carbonyl (C=O) groups is 5. The number of hydrogen-bond donors (Lipinski definition) is 2. The second-order valence-corrected chi connectivity index (χ2v) is 9.23. The highest BCUT2D eigenvalue weighted by Gasteiger charge is 2.38. The van der Waals surface area contributed by atoms with Crippen molar-refractivity contribution in [1.82, 2.24) is 5.32 Å². The molecular weight excluding hydrogens is 542 g/mol. The fourth-order valence-corrected chi connectivity index (χ4v) is 4.31. The first-order chi connectivity index (χ1) is 20.1. The molecule has 0 saturated heterocycles. The van der Waals surface area contributed by atoms with Crippen LogP contribution in [0.25, 0.3) is 6.08 Å². The molecule has 2 aromatic carbocycles. The number of aryl methyl sites for hydroxylation is 1. The van der Waals surface area contributed by atoms with Gasteiger partial charge >= 0.3 is 23.8 Å². The molecule has 216 valence electrons. The van der Waals surface area contributed by atoms with E-state index >= 15 is 0 Å². The van der Waals surface area contributed by atoms with Crippen molar-refractivity contribution in [3.05, 3.63) is 100 Å². The van der Waals surface area contributed by atoms with E-state index in [1.54, 1.807) is 32.0 Å². The van der Waals surface area contributed by atoms with Gasteiger partial charge in [-0.25, -0.2) is 9.59 Å². The van der Waals surface area contributed by atoms with E-state index in [-0.39, 0.29) is 30.1 Å². The topological polar surface area (TPSA) is 144 Å². The molecular formula is C31H29N3O8. The zero-order valence-corrected chi connectivity index (χ0v) is 23.5. The third-order valence-electron chi connectivity index (χ3n) is 6.30. The number of amides is 3. The van der Waals surface area contributed by atoms with Gasteiger partial charge in [-0.3, -0.25) is 19.3 Å². The number of anilines is 2. The molecule has 11 heteroatoms. The summed E-state index contributed by atoms with van der Waals surface area (Å²) in [5.74, 6) is -2.83. The van der Waals surface area contributed by atoms with Crippen LogP contribution in [0.4, 0.5) is 11.4 Å². The lowest BCUT2D eigenvalue weighted by molar-refractivity contribution is -0.136. The van der Waals surface area contributed by atoms with E-state index in [1.807, 2.05) is 25.1 Å². The molecule has 3 aromatic rings. The standard InChI is InChI=1S/C31H29N3O8/c1-5-41-30(38)20-9-11-21(12-10-20)33-28(36)27(35)32-17-24-14-13-23(42-24)16-25-26(31(39)40-4)19(3)34(29(25)37)22-8-6-7-18(2)15-22/h6-16H,5,17H2,1-4H3,(H,32,35)(H,33,36)/b25-16+. The monoisotopic (exact) mass is 571 g/mol. The zero-order valence-electron chi connectivity index (χ0n) is 23.5. The third-order valence-corrected chi connectivity index (χ3v) is 6.30. The molecule has 0 radical (unpaired) electrons. The summed E-state index contributed by atoms with van der Waals surface area (Å²) in [6.45, 7) is 5.39. The van der Waals surface area contributed by atoms with Crippen molar-refractivity contribution in [2.75, 3.05) is 23.9 Å². The second kappa shape index (κ2) is 12.8. The van der Waals surface area contributed by atoms with E-state index in [4.69, 9.17) is 13.9 Å². The molecule has 0 atom stereocenters. The number of rotatable bonds is 8. The molecule has 11 nitrogen and oxygen atoms in total. The van der Waals surface area contributed by atoms with Crippen molar-refractivity contribution in [2.45, 2.75) is 27.3 Å². The van der Waals surface area contributed by atoms with Gasteiger partial charge < -0.3 is 24.5 Å². The smallest absolute Gasteiger partial charge is 0.340 e. The Morgan fingerprint density at radius 2 is 1.69 bits per heavy atom. The van der Waals surface area contributed by atoms with Gasteiger partial charge in [-0.15, -0.1) is 0 Å². The largest absolute Gasteiger partial charge is 0.465 e. The Morgan fingerprint density at radius 3 is 2.36 bits per heavy atom. The van der Waals surface area contributed by atoms with Crippen molar-refractivity contribution in [3.8, 4) is 0 Å². The Balaban J connectivity index is 1.43. The number of ether oxygens (including phenoxy) is 2. The normalized spacial score (nSPS) is 13.8. The number of carbonyl (C=O) groups excluding carboxylic acids is 5. The molecule has 0 fully saturated rings. The number of allylic oxidation sites excluding steroid dienone is 1. The molecule has 0 aliphatic carbocycles. The predicted octanol–water partition coefficient (Wildman–Crippen LogP) is 3.90. The summed E-state index contributed by atoms with van der Waals surface area (Å²) in [7, 11) is 1.24. The van der Waals surface area contributed by atoms with Crippen LogP contribution in [0.15, 0.2) is 81.9 Å². The van der Waals surface area contributed by atoms with Crippen molar-refractivity contribution >= 4 is 47.1 Å². The zero-order chi connectivity index (χ0) is 30.4. The van der Waals surface area contributed by atoms with Crippen LogP contribution >= 0.6 is 0 Å². The summed E-state index contributed by atoms with van der Waals surface area (Å²) in [5, 5.41) is 4.91. The maximum absolute atomic E-state index is 13.4. The number of nitrogens with one attached hydrogen (secondary N) is 2. The first-order valence-electron chi connectivity index (χ1n) is 13.0. The van der Waals surface area contributed by atoms with Crippen molar-refractivity contribution in [1.29, 1.82) is 0 Å². The summed E-state index contributed by atoms with van der Waals surface area (Å²) in [6, 6.07) is 16.4. The number of esters is 2. The number of nitrogens with zero attached hydrogens (tertiary/aromatic N) is 1. The van der Waals surface area contributed by atoms with Gasteiger partial charge in [-0.1, -0.05) is 12.1 Å². The Morgan fingerprint density at radius 1 is 0.952 bits per heavy atom. The molecule has 0 saturated carbocycles. The van der Waals surface area contributed by atoms with E-state index in [0.717, 1.165) is 5.56 Å². The molecule has 2 heterocycles. The van der Waals surface area contributed by atoms with Gasteiger partial charge in [0.2, 0.25) is 0 Å². The number of hydrogen-bond acceptors (Lipinski definition) is 8. The number of furan rings is 1. The van der Waals surface area contributed by atoms with Crippen LogP contribution in [0.2, 0.25) is 0 Å². The molecule has 3 amide bonds. The SMILES string of the molecule is CCOC(=O)c1ccc(NC(=O)C(=O)NCc2ccc(/C=C3/C(=O)N(c4cccc(C)c4)C(C)=C3C(=O)OC)o2)cc1. The first-order valence-corrected chi connectivity index (χ1v) is 13.0. The quantitative estimate of drug-likeness (QED) is 0.235. The average molecular weight is 572 g/mol. The van der Waals surface area contributed by atoms with E-state index in [0.29, 0.717) is 28.4 Å². The summed E-state index contributed by atoms with van der Waals surface area (Å²) in [4.78, 5) is 63.9. The number of methoxy groups -OCH3 is 1. The van der Waals surface area contributed by atoms with Gasteiger partial charge in [0, 0.05) is 17.1 Å². The molecule has 1 aliphatic heterocycles. The highest BCUT2D eigenvalue weighted by molar-refractivity contribution is 6.39. The minimum absolute atomic E-state index is 0.0964. The summed E-state index contributed by atoms with van der Waals surface area (Å²) in [6.07, 6.45) is 1.44. The van der Waals surface area contributed by atoms with Crippen LogP contribution in [0, 0.1) is 6.92 Å². The van der Waals surface area contributed by atoms with Crippen molar-refractivity contribution < 1.29 is 37.9 Å². The molecule has 0 spiro atoms. The van der Waals surface area contributed by atoms with E-state index in [9.17, 15) is 24.0 Å². The Bertz CT molecular complexity index is 1610. The Labute approximate surface area is 241 Å². The number of benzene rings is 2. The van der Waals surface area contributed by atoms with Crippen LogP contribution in [-0.2, 0) is 35.2 Å². The molecule has 1 aliphatic rings. The van der Waals surface area contributed by atoms with Crippen LogP contribution in [0.1, 0.15) is 41.3 Å². The van der Waals surface area contributed by atoms with Crippen molar-refractivity contribution in [3.63, 3.8) is 0 Å². The molecule has 42 heavy (non-hydrogen) atoms. The van der Waals surface area contributed by atoms with Crippen LogP contribution in [0.5, 0.6) is 0 Å². The first kappa shape index (κ1) is 29.5. The van der Waals surface area contributed by atoms with Crippen LogP contribution in [0.3, 0.4) is 0 Å². The molecule has 0 bridgehead atoms. The van der Waals surface area contributed by atoms with Gasteiger partial charge in [0.25, 0.3) is 5.91 Å². The lowest BCUT2D eigenvalue weighted by Crippen LogP contribution is -2.34. The Kier molecular flexibility index (Phi) is 9.01. The maximum Gasteiger partial charge on any atom is 0.340 e. The average Bonchev–Trinajstić information content (AvgIpc) is 3.52. The molecule has 0 unspecified atom stereocenters. The minimum Gasteiger partial charge on any atom is -0.465 e. The second-order valence-electron chi connectivity index (χ2n) is 9.23. The lowest BCUT2D eigenvalue weighted by atomic mass is 10.1. The maximum atomic E-state index is 13.4. The van der Waals surface area contributed by atoms with E-state index in [2.05, 4.69) is 10.6 Å². The van der Waals surface area contributed by atoms with Crippen molar-refractivity contribution in [2.24, 2.45) is 0 Å². The van der Waals surface area contributed by atoms with E-state index in [1.165, 1.54) is 42.4 Å². The lowest BCUT2D eigenvalue weighted by Gasteiger charge is -2.18. The van der Waals surface area contributed by atoms with Gasteiger partial charge in [0.1, 0.15) is 11.5 Å². The van der Waals surface area contributed by atoms with Gasteiger partial charge in [0.15, 0.2) is 0 Å². The highest BCUT2D eigenvalue weighted by Crippen LogP contribution is 2.35. The molecule has 1 aromatic heterocycles.